The lowest BCUT2D eigenvalue weighted by atomic mass is 10.1. The minimum absolute atomic E-state index is 0.200. The molecule has 1 amide bonds. The molecule has 4 rings (SSSR count). The third-order valence-electron chi connectivity index (χ3n) is 4.41. The quantitative estimate of drug-likeness (QED) is 0.479. The van der Waals surface area contributed by atoms with Crippen molar-refractivity contribution >= 4 is 33.1 Å². The minimum atomic E-state index is -0.619. The van der Waals surface area contributed by atoms with Crippen LogP contribution in [-0.4, -0.2) is 17.0 Å². The Bertz CT molecular complexity index is 1090. The van der Waals surface area contributed by atoms with E-state index in [1.54, 1.807) is 18.3 Å². The Morgan fingerprint density at radius 3 is 2.50 bits per heavy atom. The van der Waals surface area contributed by atoms with Gasteiger partial charge in [0.15, 0.2) is 6.10 Å². The van der Waals surface area contributed by atoms with E-state index in [2.05, 4.69) is 11.4 Å². The van der Waals surface area contributed by atoms with Crippen LogP contribution >= 0.6 is 11.3 Å². The largest absolute Gasteiger partial charge is 0.481 e. The van der Waals surface area contributed by atoms with Gasteiger partial charge in [0.1, 0.15) is 10.8 Å². The molecule has 28 heavy (non-hydrogen) atoms. The molecule has 4 nitrogen and oxygen atoms in total. The van der Waals surface area contributed by atoms with Gasteiger partial charge in [0, 0.05) is 5.56 Å². The van der Waals surface area contributed by atoms with E-state index in [1.807, 2.05) is 73.7 Å². The Balaban J connectivity index is 1.54. The maximum absolute atomic E-state index is 12.7. The lowest BCUT2D eigenvalue weighted by Gasteiger charge is -2.16. The number of carbonyl (C=O) groups excluding carboxylic acids is 1. The van der Waals surface area contributed by atoms with Gasteiger partial charge in [-0.05, 0) is 50.2 Å². The van der Waals surface area contributed by atoms with Crippen LogP contribution in [0.3, 0.4) is 0 Å². The fraction of sp³-hybridized carbons (Fsp3) is 0.130. The van der Waals surface area contributed by atoms with Gasteiger partial charge in [-0.15, -0.1) is 11.3 Å². The van der Waals surface area contributed by atoms with Crippen molar-refractivity contribution in [3.8, 4) is 16.3 Å². The molecule has 0 radical (unpaired) electrons. The molecule has 140 valence electrons. The highest BCUT2D eigenvalue weighted by atomic mass is 32.1. The molecule has 0 saturated heterocycles. The third kappa shape index (κ3) is 3.89. The summed E-state index contributed by atoms with van der Waals surface area (Å²) in [4.78, 5) is 17.4. The first-order valence-corrected chi connectivity index (χ1v) is 9.91. The Hall–Kier alpha value is -3.18. The topological polar surface area (TPSA) is 51.2 Å². The summed E-state index contributed by atoms with van der Waals surface area (Å²) in [5.41, 5.74) is 3.74. The standard InChI is InChI=1S/C23H20N2O2S/c1-15-11-13-17(14-12-15)27-16(2)22(26)24-19-8-4-3-7-18(19)23-25-20-9-5-6-10-21(20)28-23/h3-14,16H,1-2H3,(H,24,26). The lowest BCUT2D eigenvalue weighted by Crippen LogP contribution is -2.30. The summed E-state index contributed by atoms with van der Waals surface area (Å²) in [5, 5.41) is 3.87. The Morgan fingerprint density at radius 1 is 1.00 bits per heavy atom. The predicted molar refractivity (Wildman–Crippen MR) is 115 cm³/mol. The van der Waals surface area contributed by atoms with E-state index in [0.29, 0.717) is 5.75 Å². The van der Waals surface area contributed by atoms with E-state index in [0.717, 1.165) is 32.0 Å². The van der Waals surface area contributed by atoms with Gasteiger partial charge in [-0.3, -0.25) is 4.79 Å². The van der Waals surface area contributed by atoms with Crippen molar-refractivity contribution in [2.45, 2.75) is 20.0 Å². The van der Waals surface area contributed by atoms with Crippen LogP contribution in [-0.2, 0) is 4.79 Å². The zero-order chi connectivity index (χ0) is 19.5. The average molecular weight is 388 g/mol. The number of hydrogen-bond acceptors (Lipinski definition) is 4. The van der Waals surface area contributed by atoms with Crippen LogP contribution in [0, 0.1) is 6.92 Å². The van der Waals surface area contributed by atoms with Crippen LogP contribution in [0.2, 0.25) is 0 Å². The van der Waals surface area contributed by atoms with Crippen LogP contribution in [0.1, 0.15) is 12.5 Å². The number of nitrogens with one attached hydrogen (secondary N) is 1. The Morgan fingerprint density at radius 2 is 1.71 bits per heavy atom. The van der Waals surface area contributed by atoms with Crippen molar-refractivity contribution in [3.05, 3.63) is 78.4 Å². The first-order chi connectivity index (χ1) is 13.6. The number of thiazole rings is 1. The summed E-state index contributed by atoms with van der Waals surface area (Å²) in [5.74, 6) is 0.474. The molecular weight excluding hydrogens is 368 g/mol. The summed E-state index contributed by atoms with van der Waals surface area (Å²) in [6.07, 6.45) is -0.619. The second kappa shape index (κ2) is 7.82. The molecule has 3 aromatic carbocycles. The minimum Gasteiger partial charge on any atom is -0.481 e. The number of anilines is 1. The van der Waals surface area contributed by atoms with Crippen molar-refractivity contribution in [1.82, 2.24) is 4.98 Å². The highest BCUT2D eigenvalue weighted by molar-refractivity contribution is 7.21. The highest BCUT2D eigenvalue weighted by Crippen LogP contribution is 2.34. The highest BCUT2D eigenvalue weighted by Gasteiger charge is 2.18. The van der Waals surface area contributed by atoms with Gasteiger partial charge in [0.05, 0.1) is 15.9 Å². The summed E-state index contributed by atoms with van der Waals surface area (Å²) in [6.45, 7) is 3.76. The van der Waals surface area contributed by atoms with Crippen molar-refractivity contribution in [1.29, 1.82) is 0 Å². The summed E-state index contributed by atoms with van der Waals surface area (Å²) >= 11 is 1.61. The first kappa shape index (κ1) is 18.2. The van der Waals surface area contributed by atoms with Crippen LogP contribution in [0.4, 0.5) is 5.69 Å². The maximum atomic E-state index is 12.7. The molecule has 1 unspecified atom stereocenters. The molecule has 0 saturated carbocycles. The molecule has 0 fully saturated rings. The average Bonchev–Trinajstić information content (AvgIpc) is 3.14. The molecule has 5 heteroatoms. The molecular formula is C23H20N2O2S. The van der Waals surface area contributed by atoms with Crippen LogP contribution in [0.5, 0.6) is 5.75 Å². The number of carbonyl (C=O) groups is 1. The van der Waals surface area contributed by atoms with Crippen LogP contribution in [0.15, 0.2) is 72.8 Å². The molecule has 1 aromatic heterocycles. The summed E-state index contributed by atoms with van der Waals surface area (Å²) < 4.78 is 6.89. The summed E-state index contributed by atoms with van der Waals surface area (Å²) in [7, 11) is 0. The third-order valence-corrected chi connectivity index (χ3v) is 5.48. The summed E-state index contributed by atoms with van der Waals surface area (Å²) in [6, 6.07) is 23.4. The van der Waals surface area contributed by atoms with Gasteiger partial charge in [-0.1, -0.05) is 42.0 Å². The number of aryl methyl sites for hydroxylation is 1. The first-order valence-electron chi connectivity index (χ1n) is 9.09. The normalized spacial score (nSPS) is 11.9. The van der Waals surface area contributed by atoms with Crippen LogP contribution in [0.25, 0.3) is 20.8 Å². The fourth-order valence-electron chi connectivity index (χ4n) is 2.87. The molecule has 1 atom stereocenters. The molecule has 1 N–H and O–H groups in total. The zero-order valence-corrected chi connectivity index (χ0v) is 16.5. The second-order valence-corrected chi connectivity index (χ2v) is 7.63. The van der Waals surface area contributed by atoms with Crippen LogP contribution < -0.4 is 10.1 Å². The number of ether oxygens (including phenoxy) is 1. The number of fused-ring (bicyclic) bond motifs is 1. The van der Waals surface area contributed by atoms with Crippen molar-refractivity contribution in [2.75, 3.05) is 5.32 Å². The second-order valence-electron chi connectivity index (χ2n) is 6.59. The van der Waals surface area contributed by atoms with E-state index in [4.69, 9.17) is 9.72 Å². The van der Waals surface area contributed by atoms with E-state index in [-0.39, 0.29) is 5.91 Å². The van der Waals surface area contributed by atoms with Gasteiger partial charge in [0.25, 0.3) is 5.91 Å². The number of aromatic nitrogens is 1. The molecule has 0 aliphatic rings. The number of nitrogens with zero attached hydrogens (tertiary/aromatic N) is 1. The number of hydrogen-bond donors (Lipinski definition) is 1. The van der Waals surface area contributed by atoms with E-state index in [1.165, 1.54) is 0 Å². The van der Waals surface area contributed by atoms with Crippen molar-refractivity contribution in [2.24, 2.45) is 0 Å². The SMILES string of the molecule is Cc1ccc(OC(C)C(=O)Nc2ccccc2-c2nc3ccccc3s2)cc1. The molecule has 0 bridgehead atoms. The van der Waals surface area contributed by atoms with E-state index >= 15 is 0 Å². The maximum Gasteiger partial charge on any atom is 0.265 e. The number of rotatable bonds is 5. The molecule has 0 aliphatic heterocycles. The predicted octanol–water partition coefficient (Wildman–Crippen LogP) is 5.68. The Labute approximate surface area is 167 Å². The smallest absolute Gasteiger partial charge is 0.265 e. The zero-order valence-electron chi connectivity index (χ0n) is 15.7. The van der Waals surface area contributed by atoms with Gasteiger partial charge < -0.3 is 10.1 Å². The van der Waals surface area contributed by atoms with Gasteiger partial charge >= 0.3 is 0 Å². The fourth-order valence-corrected chi connectivity index (χ4v) is 3.88. The van der Waals surface area contributed by atoms with Crippen molar-refractivity contribution < 1.29 is 9.53 Å². The molecule has 0 spiro atoms. The lowest BCUT2D eigenvalue weighted by molar-refractivity contribution is -0.122. The number of amides is 1. The molecule has 4 aromatic rings. The number of para-hydroxylation sites is 2. The molecule has 0 aliphatic carbocycles. The Kier molecular flexibility index (Phi) is 5.08. The van der Waals surface area contributed by atoms with Crippen molar-refractivity contribution in [3.63, 3.8) is 0 Å². The van der Waals surface area contributed by atoms with Gasteiger partial charge in [-0.25, -0.2) is 4.98 Å². The van der Waals surface area contributed by atoms with Gasteiger partial charge in [0.2, 0.25) is 0 Å². The van der Waals surface area contributed by atoms with E-state index in [9.17, 15) is 4.79 Å². The monoisotopic (exact) mass is 388 g/mol. The number of benzene rings is 3. The molecule has 1 heterocycles. The van der Waals surface area contributed by atoms with Gasteiger partial charge in [-0.2, -0.15) is 0 Å². The van der Waals surface area contributed by atoms with E-state index < -0.39 is 6.10 Å².